The summed E-state index contributed by atoms with van der Waals surface area (Å²) >= 11 is 0. The van der Waals surface area contributed by atoms with E-state index in [1.807, 2.05) is 0 Å². The van der Waals surface area contributed by atoms with Crippen LogP contribution in [0.4, 0.5) is 5.69 Å². The van der Waals surface area contributed by atoms with Crippen LogP contribution in [0.25, 0.3) is 17.4 Å². The second kappa shape index (κ2) is 6.17. The highest BCUT2D eigenvalue weighted by Crippen LogP contribution is 2.31. The van der Waals surface area contributed by atoms with Crippen LogP contribution in [0.2, 0.25) is 0 Å². The molecule has 0 radical (unpaired) electrons. The number of nitro benzene ring substituents is 1. The maximum absolute atomic E-state index is 12.4. The summed E-state index contributed by atoms with van der Waals surface area (Å²) in [6.45, 7) is 1.75. The molecule has 0 aliphatic heterocycles. The minimum atomic E-state index is -0.455. The van der Waals surface area contributed by atoms with E-state index in [1.165, 1.54) is 18.2 Å². The Morgan fingerprint density at radius 1 is 0.926 bits per heavy atom. The third-order valence-electron chi connectivity index (χ3n) is 4.51. The van der Waals surface area contributed by atoms with Crippen molar-refractivity contribution in [3.05, 3.63) is 92.7 Å². The summed E-state index contributed by atoms with van der Waals surface area (Å²) in [7, 11) is 0. The minimum absolute atomic E-state index is 0.00469. The number of furan rings is 1. The number of aryl methyl sites for hydroxylation is 1. The molecule has 1 heterocycles. The summed E-state index contributed by atoms with van der Waals surface area (Å²) in [5.74, 6) is 0.233. The number of Topliss-reactive ketones (excluding diaryl/α,β-unsaturated/α-hetero) is 2. The molecule has 6 nitrogen and oxygen atoms in total. The monoisotopic (exact) mass is 359 g/mol. The number of hydrogen-bond acceptors (Lipinski definition) is 5. The maximum atomic E-state index is 12.4. The van der Waals surface area contributed by atoms with Gasteiger partial charge in [-0.25, -0.2) is 0 Å². The first-order chi connectivity index (χ1) is 13.0. The number of allylic oxidation sites excluding steroid dienone is 1. The molecule has 0 spiro atoms. The summed E-state index contributed by atoms with van der Waals surface area (Å²) in [5, 5.41) is 10.9. The quantitative estimate of drug-likeness (QED) is 0.294. The van der Waals surface area contributed by atoms with E-state index in [9.17, 15) is 19.7 Å². The van der Waals surface area contributed by atoms with Crippen molar-refractivity contribution in [1.29, 1.82) is 0 Å². The number of hydrogen-bond donors (Lipinski definition) is 0. The number of fused-ring (bicyclic) bond motifs is 1. The third-order valence-corrected chi connectivity index (χ3v) is 4.51. The molecular formula is C21H13NO5. The molecule has 27 heavy (non-hydrogen) atoms. The minimum Gasteiger partial charge on any atom is -0.457 e. The number of carbonyl (C=O) groups is 2. The number of rotatable bonds is 3. The van der Waals surface area contributed by atoms with Crippen molar-refractivity contribution in [1.82, 2.24) is 0 Å². The third kappa shape index (κ3) is 2.77. The zero-order valence-corrected chi connectivity index (χ0v) is 14.3. The molecule has 0 N–H and O–H groups in total. The van der Waals surface area contributed by atoms with Crippen molar-refractivity contribution in [3.8, 4) is 11.3 Å². The smallest absolute Gasteiger partial charge is 0.269 e. The van der Waals surface area contributed by atoms with Crippen LogP contribution in [0, 0.1) is 17.0 Å². The number of nitro groups is 1. The average molecular weight is 359 g/mol. The number of ketones is 2. The van der Waals surface area contributed by atoms with E-state index in [1.54, 1.807) is 49.4 Å². The number of carbonyl (C=O) groups excluding carboxylic acids is 2. The van der Waals surface area contributed by atoms with E-state index >= 15 is 0 Å². The van der Waals surface area contributed by atoms with Crippen LogP contribution >= 0.6 is 0 Å². The van der Waals surface area contributed by atoms with Gasteiger partial charge in [-0.05, 0) is 36.8 Å². The lowest BCUT2D eigenvalue weighted by Crippen LogP contribution is -1.99. The van der Waals surface area contributed by atoms with Gasteiger partial charge in [-0.2, -0.15) is 0 Å². The number of nitrogens with zero attached hydrogens (tertiary/aromatic N) is 1. The van der Waals surface area contributed by atoms with E-state index in [0.29, 0.717) is 33.8 Å². The highest BCUT2D eigenvalue weighted by atomic mass is 16.6. The molecule has 0 amide bonds. The van der Waals surface area contributed by atoms with Gasteiger partial charge in [0.2, 0.25) is 0 Å². The van der Waals surface area contributed by atoms with Gasteiger partial charge in [0.15, 0.2) is 11.6 Å². The van der Waals surface area contributed by atoms with Crippen LogP contribution in [0.3, 0.4) is 0 Å². The van der Waals surface area contributed by atoms with Crippen molar-refractivity contribution in [3.63, 3.8) is 0 Å². The predicted molar refractivity (Wildman–Crippen MR) is 98.6 cm³/mol. The molecule has 0 unspecified atom stereocenters. The van der Waals surface area contributed by atoms with Crippen LogP contribution in [0.1, 0.15) is 32.0 Å². The lowest BCUT2D eigenvalue weighted by Gasteiger charge is -2.02. The largest absolute Gasteiger partial charge is 0.457 e. The summed E-state index contributed by atoms with van der Waals surface area (Å²) in [6.07, 6.45) is 1.44. The van der Waals surface area contributed by atoms with Gasteiger partial charge in [0, 0.05) is 28.8 Å². The Morgan fingerprint density at radius 2 is 1.59 bits per heavy atom. The van der Waals surface area contributed by atoms with Gasteiger partial charge in [-0.3, -0.25) is 19.7 Å². The van der Waals surface area contributed by atoms with Crippen LogP contribution in [0.15, 0.2) is 64.6 Å². The topological polar surface area (TPSA) is 90.4 Å². The first-order valence-electron chi connectivity index (χ1n) is 8.21. The van der Waals surface area contributed by atoms with E-state index in [4.69, 9.17) is 4.42 Å². The summed E-state index contributed by atoms with van der Waals surface area (Å²) in [6, 6.07) is 14.6. The molecule has 0 fully saturated rings. The van der Waals surface area contributed by atoms with Gasteiger partial charge < -0.3 is 4.42 Å². The molecule has 0 bridgehead atoms. The van der Waals surface area contributed by atoms with Gasteiger partial charge in [-0.1, -0.05) is 24.3 Å². The molecule has 0 saturated carbocycles. The lowest BCUT2D eigenvalue weighted by molar-refractivity contribution is -0.384. The van der Waals surface area contributed by atoms with Gasteiger partial charge in [-0.15, -0.1) is 0 Å². The fourth-order valence-electron chi connectivity index (χ4n) is 3.16. The molecule has 4 rings (SSSR count). The Morgan fingerprint density at radius 3 is 2.19 bits per heavy atom. The maximum Gasteiger partial charge on any atom is 0.269 e. The summed E-state index contributed by atoms with van der Waals surface area (Å²) < 4.78 is 5.76. The average Bonchev–Trinajstić information content (AvgIpc) is 3.21. The van der Waals surface area contributed by atoms with Gasteiger partial charge in [0.1, 0.15) is 11.5 Å². The Labute approximate surface area is 153 Å². The zero-order chi connectivity index (χ0) is 19.1. The van der Waals surface area contributed by atoms with Crippen molar-refractivity contribution in [2.45, 2.75) is 6.92 Å². The first-order valence-corrected chi connectivity index (χ1v) is 8.21. The zero-order valence-electron chi connectivity index (χ0n) is 14.3. The van der Waals surface area contributed by atoms with Crippen LogP contribution < -0.4 is 0 Å². The fourth-order valence-corrected chi connectivity index (χ4v) is 3.16. The van der Waals surface area contributed by atoms with Crippen molar-refractivity contribution in [2.24, 2.45) is 0 Å². The summed E-state index contributed by atoms with van der Waals surface area (Å²) in [5.41, 5.74) is 2.26. The van der Waals surface area contributed by atoms with Crippen molar-refractivity contribution >= 4 is 23.3 Å². The van der Waals surface area contributed by atoms with Crippen LogP contribution in [-0.4, -0.2) is 16.5 Å². The fraction of sp³-hybridized carbons (Fsp3) is 0.0476. The molecule has 3 aromatic rings. The standard InChI is InChI=1S/C21H13NO5/c1-12-10-13(22(25)26)6-8-15(12)19-9-7-14(27-19)11-18-20(23)16-4-2-3-5-17(16)21(18)24/h2-11H,1H3. The molecule has 6 heteroatoms. The molecule has 132 valence electrons. The molecule has 1 aliphatic carbocycles. The van der Waals surface area contributed by atoms with E-state index in [0.717, 1.165) is 0 Å². The molecule has 0 atom stereocenters. The molecule has 2 aromatic carbocycles. The Hall–Kier alpha value is -3.80. The second-order valence-electron chi connectivity index (χ2n) is 6.22. The Balaban J connectivity index is 1.69. The Bertz CT molecular complexity index is 1120. The van der Waals surface area contributed by atoms with Gasteiger partial charge >= 0.3 is 0 Å². The summed E-state index contributed by atoms with van der Waals surface area (Å²) in [4.78, 5) is 35.3. The lowest BCUT2D eigenvalue weighted by atomic mass is 10.1. The first kappa shape index (κ1) is 16.7. The van der Waals surface area contributed by atoms with E-state index < -0.39 is 4.92 Å². The molecule has 1 aliphatic rings. The number of benzene rings is 2. The van der Waals surface area contributed by atoms with Crippen LogP contribution in [0.5, 0.6) is 0 Å². The van der Waals surface area contributed by atoms with Crippen molar-refractivity contribution < 1.29 is 18.9 Å². The van der Waals surface area contributed by atoms with E-state index in [2.05, 4.69) is 0 Å². The molecule has 0 saturated heterocycles. The van der Waals surface area contributed by atoms with Crippen molar-refractivity contribution in [2.75, 3.05) is 0 Å². The van der Waals surface area contributed by atoms with E-state index in [-0.39, 0.29) is 22.8 Å². The molecule has 1 aromatic heterocycles. The van der Waals surface area contributed by atoms with Gasteiger partial charge in [0.05, 0.1) is 10.5 Å². The second-order valence-corrected chi connectivity index (χ2v) is 6.22. The number of non-ortho nitro benzene ring substituents is 1. The SMILES string of the molecule is Cc1cc([N+](=O)[O-])ccc1-c1ccc(C=C2C(=O)c3ccccc3C2=O)o1. The molecular weight excluding hydrogens is 346 g/mol. The highest BCUT2D eigenvalue weighted by molar-refractivity contribution is 6.41. The predicted octanol–water partition coefficient (Wildman–Crippen LogP) is 4.63. The Kier molecular flexibility index (Phi) is 3.81. The van der Waals surface area contributed by atoms with Gasteiger partial charge in [0.25, 0.3) is 5.69 Å². The normalized spacial score (nSPS) is 13.0. The highest BCUT2D eigenvalue weighted by Gasteiger charge is 2.32. The van der Waals surface area contributed by atoms with Crippen LogP contribution in [-0.2, 0) is 0 Å².